The van der Waals surface area contributed by atoms with Crippen molar-refractivity contribution < 1.29 is 9.53 Å². The zero-order valence-electron chi connectivity index (χ0n) is 14.4. The number of hydrogen-bond donors (Lipinski definition) is 2. The Balaban J connectivity index is 0.00000192. The van der Waals surface area contributed by atoms with Crippen LogP contribution < -0.4 is 10.6 Å². The second kappa shape index (κ2) is 8.68. The molecule has 134 valence electrons. The molecule has 0 spiro atoms. The first-order chi connectivity index (χ1) is 10.7. The van der Waals surface area contributed by atoms with Gasteiger partial charge in [0, 0.05) is 13.1 Å². The number of nitrogens with one attached hydrogen (secondary N) is 2. The van der Waals surface area contributed by atoms with E-state index in [1.807, 2.05) is 0 Å². The zero-order valence-corrected chi connectivity index (χ0v) is 15.3. The first kappa shape index (κ1) is 19.0. The standard InChI is InChI=1S/C18H32N2O2.ClH/c1-14-6-2-3-8-16(14)22-11-10-20-17(21)18-9-5-4-7-15(18)12-19-13-18;/h14-16,19H,2-13H2,1H3,(H,20,21);1H/t14?,15-,16?,18+;/m0./s1. The lowest BCUT2D eigenvalue weighted by Gasteiger charge is -2.37. The van der Waals surface area contributed by atoms with Crippen LogP contribution in [-0.4, -0.2) is 38.3 Å². The minimum Gasteiger partial charge on any atom is -0.376 e. The van der Waals surface area contributed by atoms with Gasteiger partial charge < -0.3 is 15.4 Å². The van der Waals surface area contributed by atoms with Gasteiger partial charge in [-0.25, -0.2) is 0 Å². The molecule has 5 heteroatoms. The van der Waals surface area contributed by atoms with Gasteiger partial charge in [0.15, 0.2) is 0 Å². The van der Waals surface area contributed by atoms with Gasteiger partial charge in [-0.1, -0.05) is 32.6 Å². The fourth-order valence-corrected chi connectivity index (χ4v) is 4.77. The lowest BCUT2D eigenvalue weighted by atomic mass is 9.67. The normalized spacial score (nSPS) is 36.8. The molecule has 4 nitrogen and oxygen atoms in total. The van der Waals surface area contributed by atoms with Crippen LogP contribution in [0.4, 0.5) is 0 Å². The van der Waals surface area contributed by atoms with Crippen molar-refractivity contribution in [1.29, 1.82) is 0 Å². The summed E-state index contributed by atoms with van der Waals surface area (Å²) in [4.78, 5) is 12.7. The quantitative estimate of drug-likeness (QED) is 0.754. The van der Waals surface area contributed by atoms with E-state index in [-0.39, 0.29) is 23.7 Å². The fraction of sp³-hybridized carbons (Fsp3) is 0.944. The number of carbonyl (C=O) groups excluding carboxylic acids is 1. The molecular formula is C18H33ClN2O2. The Morgan fingerprint density at radius 3 is 2.83 bits per heavy atom. The number of rotatable bonds is 5. The number of ether oxygens (including phenoxy) is 1. The maximum atomic E-state index is 12.7. The molecule has 1 aliphatic heterocycles. The van der Waals surface area contributed by atoms with Crippen LogP contribution in [0.2, 0.25) is 0 Å². The molecular weight excluding hydrogens is 312 g/mol. The summed E-state index contributed by atoms with van der Waals surface area (Å²) in [6.07, 6.45) is 10.2. The van der Waals surface area contributed by atoms with Gasteiger partial charge in [0.25, 0.3) is 0 Å². The molecule has 3 rings (SSSR count). The monoisotopic (exact) mass is 344 g/mol. The van der Waals surface area contributed by atoms with Crippen molar-refractivity contribution in [2.75, 3.05) is 26.2 Å². The van der Waals surface area contributed by atoms with Gasteiger partial charge in [-0.2, -0.15) is 0 Å². The largest absolute Gasteiger partial charge is 0.376 e. The molecule has 3 fully saturated rings. The summed E-state index contributed by atoms with van der Waals surface area (Å²) in [5.74, 6) is 1.48. The Morgan fingerprint density at radius 1 is 1.22 bits per heavy atom. The number of fused-ring (bicyclic) bond motifs is 1. The molecule has 0 radical (unpaired) electrons. The molecule has 3 aliphatic rings. The van der Waals surface area contributed by atoms with Gasteiger partial charge >= 0.3 is 0 Å². The first-order valence-corrected chi connectivity index (χ1v) is 9.33. The third-order valence-electron chi connectivity index (χ3n) is 6.24. The van der Waals surface area contributed by atoms with Crippen molar-refractivity contribution in [3.05, 3.63) is 0 Å². The Labute approximate surface area is 146 Å². The number of hydrogen-bond acceptors (Lipinski definition) is 3. The minimum absolute atomic E-state index is 0. The van der Waals surface area contributed by atoms with Gasteiger partial charge in [0.2, 0.25) is 5.91 Å². The van der Waals surface area contributed by atoms with E-state index in [0.717, 1.165) is 19.5 Å². The molecule has 2 aliphatic carbocycles. The van der Waals surface area contributed by atoms with E-state index in [1.54, 1.807) is 0 Å². The van der Waals surface area contributed by atoms with Crippen LogP contribution in [0.25, 0.3) is 0 Å². The summed E-state index contributed by atoms with van der Waals surface area (Å²) in [5, 5.41) is 6.61. The van der Waals surface area contributed by atoms with Crippen molar-refractivity contribution in [2.24, 2.45) is 17.3 Å². The van der Waals surface area contributed by atoms with Crippen molar-refractivity contribution in [1.82, 2.24) is 10.6 Å². The molecule has 1 heterocycles. The van der Waals surface area contributed by atoms with Gasteiger partial charge in [-0.3, -0.25) is 4.79 Å². The van der Waals surface area contributed by atoms with Crippen LogP contribution in [0.1, 0.15) is 58.3 Å². The lowest BCUT2D eigenvalue weighted by molar-refractivity contribution is -0.134. The van der Waals surface area contributed by atoms with Crippen molar-refractivity contribution in [3.63, 3.8) is 0 Å². The van der Waals surface area contributed by atoms with Crippen LogP contribution in [0.15, 0.2) is 0 Å². The molecule has 2 unspecified atom stereocenters. The fourth-order valence-electron chi connectivity index (χ4n) is 4.77. The predicted octanol–water partition coefficient (Wildman–Crippen LogP) is 2.90. The highest BCUT2D eigenvalue weighted by atomic mass is 35.5. The Hall–Kier alpha value is -0.320. The van der Waals surface area contributed by atoms with Crippen molar-refractivity contribution in [3.8, 4) is 0 Å². The highest BCUT2D eigenvalue weighted by Gasteiger charge is 2.49. The number of amides is 1. The molecule has 4 atom stereocenters. The lowest BCUT2D eigenvalue weighted by Crippen LogP contribution is -2.48. The summed E-state index contributed by atoms with van der Waals surface area (Å²) < 4.78 is 6.01. The summed E-state index contributed by atoms with van der Waals surface area (Å²) in [7, 11) is 0. The van der Waals surface area contributed by atoms with Crippen LogP contribution in [0.3, 0.4) is 0 Å². The SMILES string of the molecule is CC1CCCCC1OCCNC(=O)[C@@]12CCCC[C@H]1CNC2.Cl. The molecule has 0 aromatic carbocycles. The summed E-state index contributed by atoms with van der Waals surface area (Å²) in [6, 6.07) is 0. The first-order valence-electron chi connectivity index (χ1n) is 9.33. The Kier molecular flexibility index (Phi) is 7.18. The van der Waals surface area contributed by atoms with Crippen LogP contribution in [-0.2, 0) is 9.53 Å². The highest BCUT2D eigenvalue weighted by Crippen LogP contribution is 2.43. The second-order valence-corrected chi connectivity index (χ2v) is 7.66. The maximum Gasteiger partial charge on any atom is 0.227 e. The van der Waals surface area contributed by atoms with E-state index in [1.165, 1.54) is 44.9 Å². The maximum absolute atomic E-state index is 12.7. The summed E-state index contributed by atoms with van der Waals surface area (Å²) >= 11 is 0. The Bertz CT molecular complexity index is 393. The average Bonchev–Trinajstić information content (AvgIpc) is 2.98. The number of halogens is 1. The van der Waals surface area contributed by atoms with Gasteiger partial charge in [0.1, 0.15) is 0 Å². The smallest absolute Gasteiger partial charge is 0.227 e. The highest BCUT2D eigenvalue weighted by molar-refractivity contribution is 5.85. The van der Waals surface area contributed by atoms with E-state index in [2.05, 4.69) is 17.6 Å². The van der Waals surface area contributed by atoms with E-state index >= 15 is 0 Å². The van der Waals surface area contributed by atoms with Crippen LogP contribution in [0.5, 0.6) is 0 Å². The van der Waals surface area contributed by atoms with Gasteiger partial charge in [0.05, 0.1) is 18.1 Å². The van der Waals surface area contributed by atoms with E-state index in [9.17, 15) is 4.79 Å². The topological polar surface area (TPSA) is 50.4 Å². The van der Waals surface area contributed by atoms with Gasteiger partial charge in [-0.05, 0) is 44.1 Å². The molecule has 2 saturated carbocycles. The molecule has 0 bridgehead atoms. The molecule has 0 aromatic heterocycles. The van der Waals surface area contributed by atoms with Gasteiger partial charge in [-0.15, -0.1) is 12.4 Å². The molecule has 2 N–H and O–H groups in total. The minimum atomic E-state index is -0.129. The molecule has 23 heavy (non-hydrogen) atoms. The molecule has 1 saturated heterocycles. The van der Waals surface area contributed by atoms with E-state index < -0.39 is 0 Å². The third kappa shape index (κ3) is 4.21. The van der Waals surface area contributed by atoms with Crippen molar-refractivity contribution in [2.45, 2.75) is 64.4 Å². The zero-order chi connectivity index (χ0) is 15.4. The molecule has 1 amide bonds. The number of carbonyl (C=O) groups is 1. The second-order valence-electron chi connectivity index (χ2n) is 7.66. The van der Waals surface area contributed by atoms with E-state index in [0.29, 0.717) is 31.1 Å². The third-order valence-corrected chi connectivity index (χ3v) is 6.24. The molecule has 0 aromatic rings. The van der Waals surface area contributed by atoms with Crippen molar-refractivity contribution >= 4 is 18.3 Å². The summed E-state index contributed by atoms with van der Waals surface area (Å²) in [6.45, 7) is 5.50. The Morgan fingerprint density at radius 2 is 2.00 bits per heavy atom. The average molecular weight is 345 g/mol. The summed E-state index contributed by atoms with van der Waals surface area (Å²) in [5.41, 5.74) is -0.129. The van der Waals surface area contributed by atoms with Crippen LogP contribution >= 0.6 is 12.4 Å². The van der Waals surface area contributed by atoms with E-state index in [4.69, 9.17) is 4.74 Å². The van der Waals surface area contributed by atoms with Crippen LogP contribution in [0, 0.1) is 17.3 Å². The predicted molar refractivity (Wildman–Crippen MR) is 94.9 cm³/mol.